The molecule has 28 nitrogen and oxygen atoms in total. The van der Waals surface area contributed by atoms with E-state index < -0.39 is 80.9 Å². The minimum absolute atomic E-state index is 0.00627. The molecule has 4 atom stereocenters. The molecule has 2 saturated carbocycles. The molecule has 2 aliphatic carbocycles. The molecule has 1 saturated heterocycles. The second-order valence-corrected chi connectivity index (χ2v) is 27.2. The Balaban J connectivity index is 0.784. The van der Waals surface area contributed by atoms with Crippen LogP contribution in [-0.2, 0) is 83.3 Å². The Morgan fingerprint density at radius 1 is 0.695 bits per heavy atom. The number of nitrogens with one attached hydrogen (secondary N) is 5. The average molecular weight is 1420 g/mol. The number of amides is 7. The molecule has 3 heterocycles. The molecule has 6 rings (SSSR count). The summed E-state index contributed by atoms with van der Waals surface area (Å²) < 4.78 is 60.5. The molecule has 30 heteroatoms. The summed E-state index contributed by atoms with van der Waals surface area (Å²) in [5.41, 5.74) is 5.54. The van der Waals surface area contributed by atoms with E-state index in [0.29, 0.717) is 48.7 Å². The standard InChI is InChI=1S/C65H95BrN10O18S/c1-44-22-28-53(66)71-61(44)72-63(85)51-38-65(39-52(65)76(51)57(81)40-75-50-37-45(23-26-48(50)59(73-75)60(67)83)62(84)74-95(87,88)47-24-25-47)43-69-56(80)42-94-36-33-91-31-18-19-46(77)41-93-35-34-92-32-30-68-54(78)29-27-49(64(86)90-3)70-55(79)20-16-14-12-10-8-6-4-5-7-9-11-13-15-17-21-58(82)89-2/h22-23,26,28,37,47,49,51-52H,4-21,24-25,27,29-36,38-43H2,1-3H3,(H2,67,83)(H,68,78)(H,69,80)(H,70,79)(H,74,84)(H,71,72,85)/t49-,51-,52+,65-/m0/s1. The van der Waals surface area contributed by atoms with Gasteiger partial charge in [-0.25, -0.2) is 22.9 Å². The number of esters is 2. The van der Waals surface area contributed by atoms with Gasteiger partial charge in [0.05, 0.1) is 58.0 Å². The van der Waals surface area contributed by atoms with Crippen molar-refractivity contribution in [2.45, 2.75) is 191 Å². The second-order valence-electron chi connectivity index (χ2n) is 24.5. The average Bonchev–Trinajstić information content (AvgIpc) is 1.54. The van der Waals surface area contributed by atoms with Gasteiger partial charge in [0.25, 0.3) is 11.8 Å². The van der Waals surface area contributed by atoms with E-state index >= 15 is 0 Å². The van der Waals surface area contributed by atoms with Crippen molar-refractivity contribution in [3.05, 3.63) is 51.8 Å². The highest BCUT2D eigenvalue weighted by atomic mass is 79.9. The maximum atomic E-state index is 14.5. The number of fused-ring (bicyclic) bond motifs is 2. The van der Waals surface area contributed by atoms with Gasteiger partial charge in [-0.1, -0.05) is 83.1 Å². The number of primary amides is 1. The molecule has 95 heavy (non-hydrogen) atoms. The quantitative estimate of drug-likeness (QED) is 0.0236. The number of carbonyl (C=O) groups excluding carboxylic acids is 10. The van der Waals surface area contributed by atoms with Crippen LogP contribution in [0.2, 0.25) is 0 Å². The highest BCUT2D eigenvalue weighted by molar-refractivity contribution is 9.10. The van der Waals surface area contributed by atoms with Crippen LogP contribution in [0.1, 0.15) is 181 Å². The lowest BCUT2D eigenvalue weighted by molar-refractivity contribution is -0.145. The number of anilines is 1. The fourth-order valence-electron chi connectivity index (χ4n) is 11.4. The van der Waals surface area contributed by atoms with Gasteiger partial charge in [0.1, 0.15) is 42.3 Å². The SMILES string of the molecule is COC(=O)CCCCCCCCCCCCCCCCC(=O)N[C@@H](CCC(=O)NCCOCCOCC(=O)CCCOCCOCC(=O)NC[C@@]12C[C@@H](C(=O)Nc3nc(Br)ccc3C)N(C(=O)Cn3nc(C(N)=O)c4ccc(C(=O)NS(=O)(=O)C5CC5)cc43)[C@@H]1C2)C(=O)OC. The number of benzene rings is 1. The second kappa shape index (κ2) is 39.9. The van der Waals surface area contributed by atoms with Gasteiger partial charge in [-0.15, -0.1) is 0 Å². The van der Waals surface area contributed by atoms with Crippen LogP contribution in [-0.4, -0.2) is 191 Å². The van der Waals surface area contributed by atoms with Crippen molar-refractivity contribution in [1.29, 1.82) is 0 Å². The van der Waals surface area contributed by atoms with Crippen LogP contribution in [0.3, 0.4) is 0 Å². The summed E-state index contributed by atoms with van der Waals surface area (Å²) in [5.74, 6) is -4.49. The van der Waals surface area contributed by atoms with Crippen LogP contribution >= 0.6 is 15.9 Å². The number of pyridine rings is 1. The summed E-state index contributed by atoms with van der Waals surface area (Å²) in [5, 5.41) is 15.0. The summed E-state index contributed by atoms with van der Waals surface area (Å²) in [6.45, 7) is 2.24. The van der Waals surface area contributed by atoms with Crippen LogP contribution in [0.4, 0.5) is 5.82 Å². The number of likely N-dealkylation sites (tertiary alicyclic amines) is 1. The number of unbranched alkanes of at least 4 members (excludes halogenated alkanes) is 13. The topological polar surface area (TPSA) is 380 Å². The van der Waals surface area contributed by atoms with Gasteiger partial charge < -0.3 is 60.3 Å². The van der Waals surface area contributed by atoms with Gasteiger partial charge in [0.2, 0.25) is 39.6 Å². The van der Waals surface area contributed by atoms with E-state index in [-0.39, 0.29) is 150 Å². The van der Waals surface area contributed by atoms with Crippen molar-refractivity contribution in [3.8, 4) is 0 Å². The van der Waals surface area contributed by atoms with E-state index in [2.05, 4.69) is 56.7 Å². The van der Waals surface area contributed by atoms with Crippen LogP contribution in [0.15, 0.2) is 34.9 Å². The van der Waals surface area contributed by atoms with Crippen LogP contribution < -0.4 is 31.7 Å². The molecule has 1 aliphatic heterocycles. The number of ketones is 1. The number of nitrogens with zero attached hydrogens (tertiary/aromatic N) is 4. The minimum atomic E-state index is -3.90. The third-order valence-electron chi connectivity index (χ3n) is 17.0. The molecule has 0 radical (unpaired) electrons. The van der Waals surface area contributed by atoms with E-state index in [4.69, 9.17) is 29.4 Å². The third-order valence-corrected chi connectivity index (χ3v) is 19.2. The van der Waals surface area contributed by atoms with E-state index in [1.807, 2.05) is 0 Å². The number of hydrogen-bond acceptors (Lipinski definition) is 20. The molecular formula is C65H95BrN10O18S. The smallest absolute Gasteiger partial charge is 0.328 e. The van der Waals surface area contributed by atoms with Crippen LogP contribution in [0, 0.1) is 12.3 Å². The molecule has 2 aromatic heterocycles. The molecule has 3 aromatic rings. The van der Waals surface area contributed by atoms with Gasteiger partial charge in [-0.2, -0.15) is 5.10 Å². The number of hydrogen-bond donors (Lipinski definition) is 6. The zero-order chi connectivity index (χ0) is 68.8. The lowest BCUT2D eigenvalue weighted by Gasteiger charge is -2.27. The van der Waals surface area contributed by atoms with Crippen molar-refractivity contribution in [2.75, 3.05) is 85.5 Å². The summed E-state index contributed by atoms with van der Waals surface area (Å²) in [7, 11) is -1.24. The first-order valence-electron chi connectivity index (χ1n) is 33.1. The number of halogens is 1. The predicted octanol–water partition coefficient (Wildman–Crippen LogP) is 5.32. The third kappa shape index (κ3) is 26.2. The van der Waals surface area contributed by atoms with Gasteiger partial charge in [-0.3, -0.25) is 47.8 Å². The van der Waals surface area contributed by atoms with Gasteiger partial charge >= 0.3 is 11.9 Å². The first kappa shape index (κ1) is 77.0. The largest absolute Gasteiger partial charge is 0.469 e. The van der Waals surface area contributed by atoms with Crippen LogP contribution in [0.25, 0.3) is 10.9 Å². The van der Waals surface area contributed by atoms with Gasteiger partial charge in [-0.05, 0) is 104 Å². The summed E-state index contributed by atoms with van der Waals surface area (Å²) in [6, 6.07) is 5.07. The van der Waals surface area contributed by atoms with Crippen molar-refractivity contribution < 1.29 is 84.8 Å². The monoisotopic (exact) mass is 1410 g/mol. The van der Waals surface area contributed by atoms with Gasteiger partial charge in [0, 0.05) is 67.8 Å². The lowest BCUT2D eigenvalue weighted by Crippen LogP contribution is -2.47. The first-order valence-corrected chi connectivity index (χ1v) is 35.4. The van der Waals surface area contributed by atoms with E-state index in [1.165, 1.54) is 86.9 Å². The predicted molar refractivity (Wildman–Crippen MR) is 352 cm³/mol. The Labute approximate surface area is 563 Å². The highest BCUT2D eigenvalue weighted by Gasteiger charge is 2.67. The zero-order valence-electron chi connectivity index (χ0n) is 54.9. The summed E-state index contributed by atoms with van der Waals surface area (Å²) in [6.07, 6.45) is 18.5. The minimum Gasteiger partial charge on any atom is -0.469 e. The van der Waals surface area contributed by atoms with Crippen LogP contribution in [0.5, 0.6) is 0 Å². The lowest BCUT2D eigenvalue weighted by atomic mass is 9.99. The number of methoxy groups -OCH3 is 2. The molecular weight excluding hydrogens is 1320 g/mol. The molecule has 0 spiro atoms. The number of rotatable bonds is 49. The molecule has 3 aliphatic rings. The van der Waals surface area contributed by atoms with Crippen molar-refractivity contribution in [3.63, 3.8) is 0 Å². The Kier molecular flexibility index (Phi) is 32.4. The number of ether oxygens (including phenoxy) is 6. The fourth-order valence-corrected chi connectivity index (χ4v) is 13.0. The molecule has 7 N–H and O–H groups in total. The molecule has 3 fully saturated rings. The number of sulfonamides is 1. The maximum Gasteiger partial charge on any atom is 0.328 e. The number of nitrogens with two attached hydrogens (primary N) is 1. The van der Waals surface area contributed by atoms with Crippen molar-refractivity contribution in [1.82, 2.24) is 40.3 Å². The number of carbonyl (C=O) groups is 10. The Morgan fingerprint density at radius 3 is 1.97 bits per heavy atom. The highest BCUT2D eigenvalue weighted by Crippen LogP contribution is 2.59. The van der Waals surface area contributed by atoms with Gasteiger partial charge in [0.15, 0.2) is 11.5 Å². The number of aryl methyl sites for hydroxylation is 1. The molecule has 0 bridgehead atoms. The summed E-state index contributed by atoms with van der Waals surface area (Å²) in [4.78, 5) is 134. The number of Topliss-reactive ketones (excluding diaryl/α,β-unsaturated/α-hetero) is 1. The Morgan fingerprint density at radius 2 is 1.33 bits per heavy atom. The molecule has 1 aromatic carbocycles. The van der Waals surface area contributed by atoms with Crippen molar-refractivity contribution >= 4 is 102 Å². The van der Waals surface area contributed by atoms with E-state index in [9.17, 15) is 56.4 Å². The van der Waals surface area contributed by atoms with E-state index in [1.54, 1.807) is 19.1 Å². The Hall–Kier alpha value is -6.99. The molecule has 526 valence electrons. The normalized spacial score (nSPS) is 16.7. The van der Waals surface area contributed by atoms with E-state index in [0.717, 1.165) is 38.5 Å². The first-order chi connectivity index (χ1) is 45.6. The molecule has 0 unspecified atom stereocenters. The molecule has 7 amide bonds. The van der Waals surface area contributed by atoms with Crippen molar-refractivity contribution in [2.24, 2.45) is 11.1 Å². The zero-order valence-corrected chi connectivity index (χ0v) is 57.3. The number of aromatic nitrogens is 3. The fraction of sp³-hybridized carbons (Fsp3) is 0.662. The Bertz CT molecular complexity index is 3220. The summed E-state index contributed by atoms with van der Waals surface area (Å²) >= 11 is 3.33. The maximum absolute atomic E-state index is 14.5. The number of piperidine rings is 1.